The number of hydrogen-bond donors (Lipinski definition) is 2. The zero-order valence-electron chi connectivity index (χ0n) is 10.3. The average molecular weight is 250 g/mol. The van der Waals surface area contributed by atoms with Crippen molar-refractivity contribution in [2.75, 3.05) is 19.8 Å². The Hall–Kier alpha value is -1.62. The van der Waals surface area contributed by atoms with Crippen LogP contribution in [0.1, 0.15) is 29.6 Å². The number of carbonyl (C=O) groups excluding carboxylic acids is 1. The van der Waals surface area contributed by atoms with Crippen molar-refractivity contribution in [2.45, 2.75) is 19.3 Å². The van der Waals surface area contributed by atoms with Gasteiger partial charge in [-0.25, -0.2) is 0 Å². The van der Waals surface area contributed by atoms with Gasteiger partial charge in [0.15, 0.2) is 0 Å². The third-order valence-electron chi connectivity index (χ3n) is 2.84. The molecule has 0 aromatic carbocycles. The van der Waals surface area contributed by atoms with E-state index >= 15 is 0 Å². The van der Waals surface area contributed by atoms with Crippen LogP contribution in [0.25, 0.3) is 0 Å². The summed E-state index contributed by atoms with van der Waals surface area (Å²) >= 11 is 0. The monoisotopic (exact) mass is 250 g/mol. The van der Waals surface area contributed by atoms with Gasteiger partial charge in [0.05, 0.1) is 0 Å². The van der Waals surface area contributed by atoms with E-state index in [2.05, 4.69) is 10.3 Å². The van der Waals surface area contributed by atoms with Gasteiger partial charge >= 0.3 is 0 Å². The molecule has 5 nitrogen and oxygen atoms in total. The Morgan fingerprint density at radius 2 is 2.33 bits per heavy atom. The molecule has 2 rings (SSSR count). The smallest absolute Gasteiger partial charge is 0.251 e. The molecular weight excluding hydrogens is 232 g/mol. The van der Waals surface area contributed by atoms with Crippen molar-refractivity contribution < 1.29 is 9.53 Å². The first-order valence-corrected chi connectivity index (χ1v) is 6.30. The molecular formula is C13H18N2O3. The summed E-state index contributed by atoms with van der Waals surface area (Å²) in [5, 5.41) is 2.76. The first-order valence-electron chi connectivity index (χ1n) is 6.30. The zero-order chi connectivity index (χ0) is 12.8. The summed E-state index contributed by atoms with van der Waals surface area (Å²) in [6, 6.07) is 2.87. The number of hydrogen-bond acceptors (Lipinski definition) is 3. The van der Waals surface area contributed by atoms with Crippen molar-refractivity contribution in [2.24, 2.45) is 5.92 Å². The molecule has 1 aromatic heterocycles. The Morgan fingerprint density at radius 3 is 3.06 bits per heavy atom. The van der Waals surface area contributed by atoms with Gasteiger partial charge in [0.1, 0.15) is 0 Å². The van der Waals surface area contributed by atoms with Gasteiger partial charge < -0.3 is 15.0 Å². The Labute approximate surface area is 106 Å². The highest BCUT2D eigenvalue weighted by molar-refractivity contribution is 5.93. The lowest BCUT2D eigenvalue weighted by atomic mass is 10.2. The second-order valence-electron chi connectivity index (χ2n) is 4.57. The molecule has 0 radical (unpaired) electrons. The molecule has 1 amide bonds. The summed E-state index contributed by atoms with van der Waals surface area (Å²) in [5.41, 5.74) is 0.119. The van der Waals surface area contributed by atoms with Crippen LogP contribution in [-0.2, 0) is 4.74 Å². The van der Waals surface area contributed by atoms with Gasteiger partial charge in [0.2, 0.25) is 5.56 Å². The molecule has 1 saturated carbocycles. The molecule has 0 unspecified atom stereocenters. The van der Waals surface area contributed by atoms with Gasteiger partial charge in [0.25, 0.3) is 5.91 Å². The fourth-order valence-corrected chi connectivity index (χ4v) is 1.60. The molecule has 0 aliphatic heterocycles. The van der Waals surface area contributed by atoms with Crippen LogP contribution in [0.3, 0.4) is 0 Å². The summed E-state index contributed by atoms with van der Waals surface area (Å²) in [4.78, 5) is 25.1. The van der Waals surface area contributed by atoms with E-state index in [1.807, 2.05) is 0 Å². The summed E-state index contributed by atoms with van der Waals surface area (Å²) < 4.78 is 5.46. The van der Waals surface area contributed by atoms with E-state index in [-0.39, 0.29) is 11.5 Å². The highest BCUT2D eigenvalue weighted by Gasteiger charge is 2.20. The second kappa shape index (κ2) is 6.35. The number of pyridine rings is 1. The molecule has 18 heavy (non-hydrogen) atoms. The number of H-pyrrole nitrogens is 1. The molecule has 0 atom stereocenters. The van der Waals surface area contributed by atoms with Crippen LogP contribution in [0, 0.1) is 5.92 Å². The molecule has 0 saturated heterocycles. The van der Waals surface area contributed by atoms with Gasteiger partial charge in [-0.05, 0) is 31.2 Å². The van der Waals surface area contributed by atoms with Crippen molar-refractivity contribution in [3.05, 3.63) is 34.2 Å². The van der Waals surface area contributed by atoms with E-state index in [0.717, 1.165) is 18.9 Å². The van der Waals surface area contributed by atoms with Gasteiger partial charge in [-0.2, -0.15) is 0 Å². The maximum absolute atomic E-state index is 11.6. The Bertz CT molecular complexity index is 452. The molecule has 1 heterocycles. The number of ether oxygens (including phenoxy) is 1. The molecule has 1 aliphatic rings. The van der Waals surface area contributed by atoms with Crippen molar-refractivity contribution in [3.63, 3.8) is 0 Å². The SMILES string of the molecule is O=C(NCCCOCC1CC1)c1cc[nH]c(=O)c1. The van der Waals surface area contributed by atoms with Crippen LogP contribution in [0.5, 0.6) is 0 Å². The first kappa shape index (κ1) is 12.8. The van der Waals surface area contributed by atoms with E-state index in [0.29, 0.717) is 18.7 Å². The topological polar surface area (TPSA) is 71.2 Å². The third kappa shape index (κ3) is 4.33. The van der Waals surface area contributed by atoms with Crippen molar-refractivity contribution in [1.82, 2.24) is 10.3 Å². The second-order valence-corrected chi connectivity index (χ2v) is 4.57. The number of rotatable bonds is 7. The number of aromatic nitrogens is 1. The number of nitrogens with one attached hydrogen (secondary N) is 2. The van der Waals surface area contributed by atoms with Gasteiger partial charge in [0, 0.05) is 37.6 Å². The van der Waals surface area contributed by atoms with E-state index in [4.69, 9.17) is 4.74 Å². The van der Waals surface area contributed by atoms with Gasteiger partial charge in [-0.3, -0.25) is 9.59 Å². The van der Waals surface area contributed by atoms with Crippen LogP contribution in [0.2, 0.25) is 0 Å². The molecule has 2 N–H and O–H groups in total. The van der Waals surface area contributed by atoms with E-state index in [1.54, 1.807) is 6.07 Å². The fourth-order valence-electron chi connectivity index (χ4n) is 1.60. The maximum Gasteiger partial charge on any atom is 0.251 e. The van der Waals surface area contributed by atoms with Crippen LogP contribution in [-0.4, -0.2) is 30.6 Å². The molecule has 0 spiro atoms. The summed E-state index contributed by atoms with van der Waals surface area (Å²) in [5.74, 6) is 0.555. The van der Waals surface area contributed by atoms with Gasteiger partial charge in [-0.15, -0.1) is 0 Å². The summed E-state index contributed by atoms with van der Waals surface area (Å²) in [7, 11) is 0. The van der Waals surface area contributed by atoms with E-state index in [1.165, 1.54) is 25.1 Å². The minimum atomic E-state index is -0.268. The first-order chi connectivity index (χ1) is 8.75. The highest BCUT2D eigenvalue weighted by atomic mass is 16.5. The maximum atomic E-state index is 11.6. The molecule has 1 aliphatic carbocycles. The van der Waals surface area contributed by atoms with E-state index in [9.17, 15) is 9.59 Å². The van der Waals surface area contributed by atoms with E-state index < -0.39 is 0 Å². The Morgan fingerprint density at radius 1 is 1.50 bits per heavy atom. The minimum absolute atomic E-state index is 0.219. The predicted molar refractivity (Wildman–Crippen MR) is 67.6 cm³/mol. The molecule has 0 bridgehead atoms. The standard InChI is InChI=1S/C13H18N2O3/c16-12-8-11(4-6-14-12)13(17)15-5-1-7-18-9-10-2-3-10/h4,6,8,10H,1-3,5,7,9H2,(H,14,16)(H,15,17). The van der Waals surface area contributed by atoms with Crippen molar-refractivity contribution in [3.8, 4) is 0 Å². The largest absolute Gasteiger partial charge is 0.381 e. The number of aromatic amines is 1. The van der Waals surface area contributed by atoms with Gasteiger partial charge in [-0.1, -0.05) is 0 Å². The molecule has 1 fully saturated rings. The summed E-state index contributed by atoms with van der Waals surface area (Å²) in [6.45, 7) is 2.09. The fraction of sp³-hybridized carbons (Fsp3) is 0.538. The minimum Gasteiger partial charge on any atom is -0.381 e. The highest BCUT2D eigenvalue weighted by Crippen LogP contribution is 2.28. The van der Waals surface area contributed by atoms with Crippen LogP contribution >= 0.6 is 0 Å². The van der Waals surface area contributed by atoms with Crippen LogP contribution in [0.4, 0.5) is 0 Å². The lowest BCUT2D eigenvalue weighted by Crippen LogP contribution is -2.26. The average Bonchev–Trinajstić information content (AvgIpc) is 3.17. The lowest BCUT2D eigenvalue weighted by molar-refractivity contribution is 0.0937. The number of carbonyl (C=O) groups is 1. The van der Waals surface area contributed by atoms with Crippen LogP contribution < -0.4 is 10.9 Å². The quantitative estimate of drug-likeness (QED) is 0.707. The zero-order valence-corrected chi connectivity index (χ0v) is 10.3. The van der Waals surface area contributed by atoms with Crippen LogP contribution in [0.15, 0.2) is 23.1 Å². The predicted octanol–water partition coefficient (Wildman–Crippen LogP) is 0.921. The number of amides is 1. The summed E-state index contributed by atoms with van der Waals surface area (Å²) in [6.07, 6.45) is 4.84. The Kier molecular flexibility index (Phi) is 4.52. The van der Waals surface area contributed by atoms with Crippen molar-refractivity contribution in [1.29, 1.82) is 0 Å². The third-order valence-corrected chi connectivity index (χ3v) is 2.84. The lowest BCUT2D eigenvalue weighted by Gasteiger charge is -2.05. The normalized spacial score (nSPS) is 14.4. The van der Waals surface area contributed by atoms with Crippen molar-refractivity contribution >= 4 is 5.91 Å². The molecule has 98 valence electrons. The Balaban J connectivity index is 1.60. The molecule has 1 aromatic rings. The molecule has 5 heteroatoms.